The van der Waals surface area contributed by atoms with E-state index in [4.69, 9.17) is 0 Å². The molecule has 0 unspecified atom stereocenters. The number of carbonyl (C=O) groups is 1. The van der Waals surface area contributed by atoms with Gasteiger partial charge in [0.1, 0.15) is 5.82 Å². The van der Waals surface area contributed by atoms with Crippen molar-refractivity contribution in [1.29, 1.82) is 0 Å². The van der Waals surface area contributed by atoms with E-state index in [1.54, 1.807) is 24.3 Å². The topological polar surface area (TPSA) is 75.3 Å². The summed E-state index contributed by atoms with van der Waals surface area (Å²) in [6.45, 7) is 0. The summed E-state index contributed by atoms with van der Waals surface area (Å²) in [7, 11) is -3.56. The molecule has 1 saturated carbocycles. The van der Waals surface area contributed by atoms with E-state index in [9.17, 15) is 17.6 Å². The van der Waals surface area contributed by atoms with E-state index in [1.807, 2.05) is 0 Å². The first-order valence-electron chi connectivity index (χ1n) is 9.09. The van der Waals surface area contributed by atoms with Crippen LogP contribution in [0.1, 0.15) is 37.7 Å². The minimum absolute atomic E-state index is 0.00108. The van der Waals surface area contributed by atoms with E-state index in [0.29, 0.717) is 11.3 Å². The molecule has 2 aromatic carbocycles. The van der Waals surface area contributed by atoms with Crippen LogP contribution in [0.5, 0.6) is 0 Å². The summed E-state index contributed by atoms with van der Waals surface area (Å²) in [4.78, 5) is 12.3. The van der Waals surface area contributed by atoms with E-state index in [1.165, 1.54) is 24.3 Å². The summed E-state index contributed by atoms with van der Waals surface area (Å²) < 4.78 is 40.6. The molecule has 2 aromatic rings. The zero-order valence-electron chi connectivity index (χ0n) is 14.9. The average molecular weight is 390 g/mol. The predicted molar refractivity (Wildman–Crippen MR) is 102 cm³/mol. The Balaban J connectivity index is 1.59. The molecule has 2 N–H and O–H groups in total. The number of amides is 1. The van der Waals surface area contributed by atoms with Gasteiger partial charge in [0.15, 0.2) is 0 Å². The second-order valence-corrected chi connectivity index (χ2v) is 8.55. The number of hydrogen-bond donors (Lipinski definition) is 2. The maximum atomic E-state index is 12.9. The van der Waals surface area contributed by atoms with Crippen LogP contribution in [0.15, 0.2) is 53.4 Å². The number of nitrogens with one attached hydrogen (secondary N) is 2. The SMILES string of the molecule is O=C(Cc1ccc(F)cc1)Nc1ccc(S(=O)(=O)NC2CCCCC2)cc1. The van der Waals surface area contributed by atoms with Gasteiger partial charge < -0.3 is 5.32 Å². The number of halogens is 1. The average Bonchev–Trinajstić information content (AvgIpc) is 2.64. The molecule has 5 nitrogen and oxygen atoms in total. The highest BCUT2D eigenvalue weighted by Gasteiger charge is 2.21. The van der Waals surface area contributed by atoms with Crippen molar-refractivity contribution in [2.45, 2.75) is 49.5 Å². The molecule has 0 aliphatic heterocycles. The van der Waals surface area contributed by atoms with E-state index in [2.05, 4.69) is 10.0 Å². The molecular formula is C20H23FN2O3S. The second-order valence-electron chi connectivity index (χ2n) is 6.83. The Kier molecular flexibility index (Phi) is 6.23. The van der Waals surface area contributed by atoms with Gasteiger partial charge in [0.25, 0.3) is 0 Å². The smallest absolute Gasteiger partial charge is 0.240 e. The van der Waals surface area contributed by atoms with E-state index >= 15 is 0 Å². The van der Waals surface area contributed by atoms with Crippen molar-refractivity contribution in [3.63, 3.8) is 0 Å². The van der Waals surface area contributed by atoms with Crippen molar-refractivity contribution < 1.29 is 17.6 Å². The van der Waals surface area contributed by atoms with Gasteiger partial charge in [0.2, 0.25) is 15.9 Å². The summed E-state index contributed by atoms with van der Waals surface area (Å²) >= 11 is 0. The number of sulfonamides is 1. The number of rotatable bonds is 6. The molecule has 1 amide bonds. The Morgan fingerprint density at radius 3 is 2.22 bits per heavy atom. The van der Waals surface area contributed by atoms with Crippen molar-refractivity contribution in [1.82, 2.24) is 4.72 Å². The molecule has 3 rings (SSSR count). The van der Waals surface area contributed by atoms with Crippen LogP contribution in [-0.4, -0.2) is 20.4 Å². The van der Waals surface area contributed by atoms with Crippen molar-refractivity contribution in [3.05, 3.63) is 59.9 Å². The fourth-order valence-electron chi connectivity index (χ4n) is 3.22. The van der Waals surface area contributed by atoms with Crippen LogP contribution in [0.4, 0.5) is 10.1 Å². The lowest BCUT2D eigenvalue weighted by Gasteiger charge is -2.22. The third-order valence-electron chi connectivity index (χ3n) is 4.65. The van der Waals surface area contributed by atoms with Crippen molar-refractivity contribution in [2.75, 3.05) is 5.32 Å². The molecule has 1 fully saturated rings. The fourth-order valence-corrected chi connectivity index (χ4v) is 4.52. The van der Waals surface area contributed by atoms with Gasteiger partial charge in [-0.3, -0.25) is 4.79 Å². The summed E-state index contributed by atoms with van der Waals surface area (Å²) in [6.07, 6.45) is 5.11. The highest BCUT2D eigenvalue weighted by Crippen LogP contribution is 2.21. The normalized spacial score (nSPS) is 15.4. The standard InChI is InChI=1S/C20H23FN2O3S/c21-16-8-6-15(7-9-16)14-20(24)22-17-10-12-19(13-11-17)27(25,26)23-18-4-2-1-3-5-18/h6-13,18,23H,1-5,14H2,(H,22,24). The summed E-state index contributed by atoms with van der Waals surface area (Å²) in [5, 5.41) is 2.72. The van der Waals surface area contributed by atoms with Crippen LogP contribution >= 0.6 is 0 Å². The van der Waals surface area contributed by atoms with E-state index in [-0.39, 0.29) is 29.1 Å². The molecule has 0 spiro atoms. The molecule has 0 radical (unpaired) electrons. The first kappa shape index (κ1) is 19.5. The highest BCUT2D eigenvalue weighted by molar-refractivity contribution is 7.89. The largest absolute Gasteiger partial charge is 0.326 e. The third kappa shape index (κ3) is 5.61. The summed E-state index contributed by atoms with van der Waals surface area (Å²) in [6, 6.07) is 11.8. The minimum Gasteiger partial charge on any atom is -0.326 e. The lowest BCUT2D eigenvalue weighted by Crippen LogP contribution is -2.36. The molecule has 0 saturated heterocycles. The molecule has 1 aliphatic rings. The Morgan fingerprint density at radius 1 is 0.963 bits per heavy atom. The Bertz CT molecular complexity index is 874. The molecule has 0 aromatic heterocycles. The molecule has 7 heteroatoms. The summed E-state index contributed by atoms with van der Waals surface area (Å²) in [5.74, 6) is -0.602. The molecule has 27 heavy (non-hydrogen) atoms. The maximum absolute atomic E-state index is 12.9. The number of hydrogen-bond acceptors (Lipinski definition) is 3. The molecule has 0 bridgehead atoms. The quantitative estimate of drug-likeness (QED) is 0.791. The van der Waals surface area contributed by atoms with Crippen LogP contribution in [0.3, 0.4) is 0 Å². The van der Waals surface area contributed by atoms with Gasteiger partial charge in [-0.15, -0.1) is 0 Å². The fraction of sp³-hybridized carbons (Fsp3) is 0.350. The molecular weight excluding hydrogens is 367 g/mol. The lowest BCUT2D eigenvalue weighted by atomic mass is 9.96. The molecule has 144 valence electrons. The van der Waals surface area contributed by atoms with Gasteiger partial charge in [-0.25, -0.2) is 17.5 Å². The third-order valence-corrected chi connectivity index (χ3v) is 6.19. The van der Waals surface area contributed by atoms with Crippen LogP contribution in [0.25, 0.3) is 0 Å². The van der Waals surface area contributed by atoms with Gasteiger partial charge in [0, 0.05) is 11.7 Å². The van der Waals surface area contributed by atoms with Gasteiger partial charge in [0.05, 0.1) is 11.3 Å². The molecule has 1 aliphatic carbocycles. The number of carbonyl (C=O) groups excluding carboxylic acids is 1. The monoisotopic (exact) mass is 390 g/mol. The summed E-state index contributed by atoms with van der Waals surface area (Å²) in [5.41, 5.74) is 1.21. The Hall–Kier alpha value is -2.25. The van der Waals surface area contributed by atoms with Crippen LogP contribution < -0.4 is 10.0 Å². The van der Waals surface area contributed by atoms with Crippen molar-refractivity contribution >= 4 is 21.6 Å². The molecule has 0 heterocycles. The Labute approximate surface area is 159 Å². The predicted octanol–water partition coefficient (Wildman–Crippen LogP) is 3.62. The number of benzene rings is 2. The van der Waals surface area contributed by atoms with Crippen LogP contribution in [0.2, 0.25) is 0 Å². The highest BCUT2D eigenvalue weighted by atomic mass is 32.2. The van der Waals surface area contributed by atoms with Crippen molar-refractivity contribution in [2.24, 2.45) is 0 Å². The van der Waals surface area contributed by atoms with Crippen molar-refractivity contribution in [3.8, 4) is 0 Å². The first-order valence-corrected chi connectivity index (χ1v) is 10.6. The molecule has 0 atom stereocenters. The number of anilines is 1. The zero-order chi connectivity index (χ0) is 19.3. The first-order chi connectivity index (χ1) is 12.9. The van der Waals surface area contributed by atoms with Gasteiger partial charge in [-0.2, -0.15) is 0 Å². The van der Waals surface area contributed by atoms with E-state index < -0.39 is 10.0 Å². The van der Waals surface area contributed by atoms with E-state index in [0.717, 1.165) is 32.1 Å². The van der Waals surface area contributed by atoms with Crippen LogP contribution in [0, 0.1) is 5.82 Å². The minimum atomic E-state index is -3.56. The second kappa shape index (κ2) is 8.63. The van der Waals surface area contributed by atoms with Crippen LogP contribution in [-0.2, 0) is 21.2 Å². The van der Waals surface area contributed by atoms with Gasteiger partial charge >= 0.3 is 0 Å². The zero-order valence-corrected chi connectivity index (χ0v) is 15.8. The van der Waals surface area contributed by atoms with Gasteiger partial charge in [-0.1, -0.05) is 31.4 Å². The lowest BCUT2D eigenvalue weighted by molar-refractivity contribution is -0.115. The maximum Gasteiger partial charge on any atom is 0.240 e. The van der Waals surface area contributed by atoms with Gasteiger partial charge in [-0.05, 0) is 54.8 Å². The Morgan fingerprint density at radius 2 is 1.59 bits per heavy atom.